The largest absolute Gasteiger partial charge is 0.494 e. The molecule has 0 aliphatic heterocycles. The third-order valence-electron chi connectivity index (χ3n) is 6.62. The van der Waals surface area contributed by atoms with E-state index in [4.69, 9.17) is 4.74 Å². The summed E-state index contributed by atoms with van der Waals surface area (Å²) in [4.78, 5) is 0. The highest BCUT2D eigenvalue weighted by atomic mass is 16.5. The first-order valence-corrected chi connectivity index (χ1v) is 12.0. The summed E-state index contributed by atoms with van der Waals surface area (Å²) < 4.78 is 6.00. The highest BCUT2D eigenvalue weighted by molar-refractivity contribution is 5.84. The molecule has 0 radical (unpaired) electrons. The molecule has 3 rings (SSSR count). The van der Waals surface area contributed by atoms with Crippen molar-refractivity contribution in [2.75, 3.05) is 6.61 Å². The van der Waals surface area contributed by atoms with Crippen molar-refractivity contribution in [3.63, 3.8) is 0 Å². The Hall–Kier alpha value is -1.50. The molecule has 0 bridgehead atoms. The van der Waals surface area contributed by atoms with E-state index >= 15 is 0 Å². The van der Waals surface area contributed by atoms with Crippen LogP contribution in [0.15, 0.2) is 36.4 Å². The van der Waals surface area contributed by atoms with E-state index in [1.165, 1.54) is 87.8 Å². The standard InChI is InChI=1S/C27H40O/c1-3-5-6-7-8-9-19-28-27-18-17-25-20-24(15-16-26(25)21-27)23-13-11-22(10-4-2)12-14-23/h15-18,20-23H,3-14,19H2,1-2H3/t22-,23-. The highest BCUT2D eigenvalue weighted by Gasteiger charge is 2.21. The molecule has 0 spiro atoms. The molecule has 2 aromatic carbocycles. The van der Waals surface area contributed by atoms with Gasteiger partial charge in [-0.25, -0.2) is 0 Å². The van der Waals surface area contributed by atoms with Crippen molar-refractivity contribution in [3.8, 4) is 5.75 Å². The minimum Gasteiger partial charge on any atom is -0.494 e. The third kappa shape index (κ3) is 6.26. The molecule has 2 aromatic rings. The fourth-order valence-corrected chi connectivity index (χ4v) is 4.85. The zero-order chi connectivity index (χ0) is 19.6. The van der Waals surface area contributed by atoms with E-state index in [9.17, 15) is 0 Å². The van der Waals surface area contributed by atoms with Gasteiger partial charge in [0.2, 0.25) is 0 Å². The fraction of sp³-hybridized carbons (Fsp3) is 0.630. The summed E-state index contributed by atoms with van der Waals surface area (Å²) in [5.74, 6) is 2.77. The molecule has 0 saturated heterocycles. The molecule has 1 heteroatoms. The van der Waals surface area contributed by atoms with Crippen LogP contribution in [0.3, 0.4) is 0 Å². The first kappa shape index (κ1) is 21.2. The van der Waals surface area contributed by atoms with Gasteiger partial charge in [0.05, 0.1) is 6.61 Å². The summed E-state index contributed by atoms with van der Waals surface area (Å²) in [6.45, 7) is 5.43. The third-order valence-corrected chi connectivity index (χ3v) is 6.62. The Morgan fingerprint density at radius 3 is 2.25 bits per heavy atom. The molecule has 1 nitrogen and oxygen atoms in total. The van der Waals surface area contributed by atoms with Crippen LogP contribution in [0, 0.1) is 5.92 Å². The van der Waals surface area contributed by atoms with E-state index in [1.54, 1.807) is 5.56 Å². The van der Waals surface area contributed by atoms with Crippen molar-refractivity contribution < 1.29 is 4.74 Å². The lowest BCUT2D eigenvalue weighted by Gasteiger charge is -2.28. The molecule has 28 heavy (non-hydrogen) atoms. The fourth-order valence-electron chi connectivity index (χ4n) is 4.85. The van der Waals surface area contributed by atoms with Gasteiger partial charge in [-0.1, -0.05) is 83.1 Å². The zero-order valence-electron chi connectivity index (χ0n) is 18.2. The lowest BCUT2D eigenvalue weighted by atomic mass is 9.77. The summed E-state index contributed by atoms with van der Waals surface area (Å²) in [6.07, 6.45) is 16.2. The van der Waals surface area contributed by atoms with E-state index in [0.29, 0.717) is 0 Å². The maximum absolute atomic E-state index is 6.00. The number of hydrogen-bond donors (Lipinski definition) is 0. The first-order valence-electron chi connectivity index (χ1n) is 12.0. The van der Waals surface area contributed by atoms with Gasteiger partial charge in [-0.05, 0) is 72.4 Å². The lowest BCUT2D eigenvalue weighted by molar-refractivity contribution is 0.304. The topological polar surface area (TPSA) is 9.23 Å². The normalized spacial score (nSPS) is 19.8. The zero-order valence-corrected chi connectivity index (χ0v) is 18.2. The summed E-state index contributed by atoms with van der Waals surface area (Å²) in [5.41, 5.74) is 1.54. The molecule has 0 N–H and O–H groups in total. The average molecular weight is 381 g/mol. The molecule has 154 valence electrons. The minimum absolute atomic E-state index is 0.765. The van der Waals surface area contributed by atoms with Gasteiger partial charge in [0, 0.05) is 0 Å². The second kappa shape index (κ2) is 11.5. The van der Waals surface area contributed by atoms with Crippen molar-refractivity contribution in [3.05, 3.63) is 42.0 Å². The Morgan fingerprint density at radius 2 is 1.46 bits per heavy atom. The van der Waals surface area contributed by atoms with Crippen LogP contribution in [0.25, 0.3) is 10.8 Å². The first-order chi connectivity index (χ1) is 13.8. The smallest absolute Gasteiger partial charge is 0.119 e. The number of fused-ring (bicyclic) bond motifs is 1. The molecule has 0 heterocycles. The minimum atomic E-state index is 0.765. The summed E-state index contributed by atoms with van der Waals surface area (Å²) in [5, 5.41) is 2.67. The molecule has 0 unspecified atom stereocenters. The predicted molar refractivity (Wildman–Crippen MR) is 122 cm³/mol. The number of unbranched alkanes of at least 4 members (excludes halogenated alkanes) is 5. The van der Waals surface area contributed by atoms with Crippen molar-refractivity contribution >= 4 is 10.8 Å². The van der Waals surface area contributed by atoms with Gasteiger partial charge in [0.25, 0.3) is 0 Å². The Labute approximate surface area is 172 Å². The van der Waals surface area contributed by atoms with Gasteiger partial charge in [-0.3, -0.25) is 0 Å². The van der Waals surface area contributed by atoms with Crippen molar-refractivity contribution in [1.82, 2.24) is 0 Å². The van der Waals surface area contributed by atoms with Gasteiger partial charge < -0.3 is 4.74 Å². The quantitative estimate of drug-likeness (QED) is 0.354. The number of hydrogen-bond acceptors (Lipinski definition) is 1. The number of ether oxygens (including phenoxy) is 1. The SMILES string of the molecule is CCCCCCCCOc1ccc2cc([C@H]3CC[C@H](CCC)CC3)ccc2c1. The molecular weight excluding hydrogens is 340 g/mol. The molecule has 0 aromatic heterocycles. The van der Waals surface area contributed by atoms with Gasteiger partial charge in [-0.15, -0.1) is 0 Å². The van der Waals surface area contributed by atoms with Crippen LogP contribution in [-0.4, -0.2) is 6.61 Å². The molecule has 1 aliphatic rings. The van der Waals surface area contributed by atoms with E-state index < -0.39 is 0 Å². The average Bonchev–Trinajstić information content (AvgIpc) is 2.73. The van der Waals surface area contributed by atoms with Crippen LogP contribution >= 0.6 is 0 Å². The van der Waals surface area contributed by atoms with Crippen molar-refractivity contribution in [2.24, 2.45) is 5.92 Å². The maximum Gasteiger partial charge on any atom is 0.119 e. The van der Waals surface area contributed by atoms with Crippen LogP contribution in [0.2, 0.25) is 0 Å². The van der Waals surface area contributed by atoms with Crippen molar-refractivity contribution in [2.45, 2.75) is 96.8 Å². The van der Waals surface area contributed by atoms with Crippen LogP contribution in [0.1, 0.15) is 102 Å². The Morgan fingerprint density at radius 1 is 0.750 bits per heavy atom. The van der Waals surface area contributed by atoms with E-state index in [2.05, 4.69) is 50.2 Å². The predicted octanol–water partition coefficient (Wildman–Crippen LogP) is 8.65. The second-order valence-electron chi connectivity index (χ2n) is 8.89. The lowest BCUT2D eigenvalue weighted by Crippen LogP contribution is -2.13. The summed E-state index contributed by atoms with van der Waals surface area (Å²) >= 11 is 0. The van der Waals surface area contributed by atoms with Gasteiger partial charge in [0.15, 0.2) is 0 Å². The summed E-state index contributed by atoms with van der Waals surface area (Å²) in [6, 6.07) is 13.7. The molecule has 1 aliphatic carbocycles. The molecular formula is C27H40O. The number of benzene rings is 2. The molecule has 1 saturated carbocycles. The Kier molecular flexibility index (Phi) is 8.70. The monoisotopic (exact) mass is 380 g/mol. The van der Waals surface area contributed by atoms with Crippen LogP contribution in [0.4, 0.5) is 0 Å². The van der Waals surface area contributed by atoms with Gasteiger partial charge in [-0.2, -0.15) is 0 Å². The van der Waals surface area contributed by atoms with E-state index in [-0.39, 0.29) is 0 Å². The second-order valence-corrected chi connectivity index (χ2v) is 8.89. The molecule has 0 amide bonds. The highest BCUT2D eigenvalue weighted by Crippen LogP contribution is 2.38. The molecule has 1 fully saturated rings. The Balaban J connectivity index is 1.50. The van der Waals surface area contributed by atoms with Gasteiger partial charge >= 0.3 is 0 Å². The maximum atomic E-state index is 6.00. The Bertz CT molecular complexity index is 696. The van der Waals surface area contributed by atoms with E-state index in [0.717, 1.165) is 24.2 Å². The van der Waals surface area contributed by atoms with E-state index in [1.807, 2.05) is 0 Å². The van der Waals surface area contributed by atoms with Crippen LogP contribution in [-0.2, 0) is 0 Å². The van der Waals surface area contributed by atoms with Crippen LogP contribution in [0.5, 0.6) is 5.75 Å². The summed E-state index contributed by atoms with van der Waals surface area (Å²) in [7, 11) is 0. The van der Waals surface area contributed by atoms with Crippen molar-refractivity contribution in [1.29, 1.82) is 0 Å². The number of rotatable bonds is 11. The van der Waals surface area contributed by atoms with Crippen LogP contribution < -0.4 is 4.74 Å². The van der Waals surface area contributed by atoms with Gasteiger partial charge in [0.1, 0.15) is 5.75 Å². The molecule has 0 atom stereocenters.